The highest BCUT2D eigenvalue weighted by Crippen LogP contribution is 2.36. The third-order valence-electron chi connectivity index (χ3n) is 5.06. The average molecular weight is 333 g/mol. The summed E-state index contributed by atoms with van der Waals surface area (Å²) in [4.78, 5) is 18.8. The minimum Gasteiger partial charge on any atom is -0.361 e. The summed E-state index contributed by atoms with van der Waals surface area (Å²) in [6.45, 7) is 9.95. The third kappa shape index (κ3) is 3.39. The predicted octanol–water partition coefficient (Wildman–Crippen LogP) is 1.36. The fourth-order valence-corrected chi connectivity index (χ4v) is 3.74. The van der Waals surface area contributed by atoms with E-state index in [1.54, 1.807) is 0 Å². The van der Waals surface area contributed by atoms with Crippen LogP contribution in [0.3, 0.4) is 0 Å². The maximum absolute atomic E-state index is 11.7. The van der Waals surface area contributed by atoms with E-state index >= 15 is 0 Å². The van der Waals surface area contributed by atoms with Gasteiger partial charge in [-0.25, -0.2) is 4.99 Å². The Bertz CT molecular complexity index is 619. The molecule has 7 nitrogen and oxygen atoms in total. The van der Waals surface area contributed by atoms with Crippen molar-refractivity contribution in [3.63, 3.8) is 0 Å². The number of nitrogens with zero attached hydrogens (tertiary/aromatic N) is 3. The van der Waals surface area contributed by atoms with E-state index in [1.807, 2.05) is 13.8 Å². The van der Waals surface area contributed by atoms with Crippen LogP contribution >= 0.6 is 0 Å². The fourth-order valence-electron chi connectivity index (χ4n) is 3.74. The lowest BCUT2D eigenvalue weighted by atomic mass is 9.79. The molecule has 2 N–H and O–H groups in total. The van der Waals surface area contributed by atoms with Crippen molar-refractivity contribution >= 4 is 11.9 Å². The highest BCUT2D eigenvalue weighted by atomic mass is 16.5. The van der Waals surface area contributed by atoms with Gasteiger partial charge in [-0.05, 0) is 33.6 Å². The first-order valence-corrected chi connectivity index (χ1v) is 8.75. The lowest BCUT2D eigenvalue weighted by Gasteiger charge is -2.40. The van der Waals surface area contributed by atoms with Gasteiger partial charge in [-0.15, -0.1) is 0 Å². The normalized spacial score (nSPS) is 24.5. The Morgan fingerprint density at radius 1 is 1.50 bits per heavy atom. The van der Waals surface area contributed by atoms with Gasteiger partial charge in [-0.3, -0.25) is 4.79 Å². The molecular weight excluding hydrogens is 306 g/mol. The molecule has 0 radical (unpaired) electrons. The summed E-state index contributed by atoms with van der Waals surface area (Å²) >= 11 is 0. The quantitative estimate of drug-likeness (QED) is 0.645. The van der Waals surface area contributed by atoms with E-state index in [0.29, 0.717) is 13.0 Å². The van der Waals surface area contributed by atoms with Crippen LogP contribution < -0.4 is 10.6 Å². The number of guanidine groups is 1. The number of hydrogen-bond acceptors (Lipinski definition) is 4. The van der Waals surface area contributed by atoms with Gasteiger partial charge in [0.15, 0.2) is 5.96 Å². The molecule has 1 atom stereocenters. The molecule has 0 aliphatic carbocycles. The van der Waals surface area contributed by atoms with Gasteiger partial charge in [-0.2, -0.15) is 0 Å². The van der Waals surface area contributed by atoms with Crippen LogP contribution in [0.25, 0.3) is 0 Å². The van der Waals surface area contributed by atoms with E-state index < -0.39 is 0 Å². The van der Waals surface area contributed by atoms with Crippen molar-refractivity contribution in [1.82, 2.24) is 20.7 Å². The smallest absolute Gasteiger partial charge is 0.220 e. The second kappa shape index (κ2) is 6.83. The number of likely N-dealkylation sites (tertiary alicyclic amines) is 1. The van der Waals surface area contributed by atoms with Crippen molar-refractivity contribution < 1.29 is 9.32 Å². The van der Waals surface area contributed by atoms with Crippen molar-refractivity contribution in [2.24, 2.45) is 10.4 Å². The van der Waals surface area contributed by atoms with Crippen molar-refractivity contribution in [1.29, 1.82) is 0 Å². The van der Waals surface area contributed by atoms with Crippen molar-refractivity contribution in [3.05, 3.63) is 17.0 Å². The molecule has 1 aromatic heterocycles. The largest absolute Gasteiger partial charge is 0.361 e. The summed E-state index contributed by atoms with van der Waals surface area (Å²) in [7, 11) is 0. The molecule has 7 heteroatoms. The van der Waals surface area contributed by atoms with Crippen LogP contribution in [0.1, 0.15) is 43.2 Å². The van der Waals surface area contributed by atoms with Gasteiger partial charge >= 0.3 is 0 Å². The average Bonchev–Trinajstić information content (AvgIpc) is 3.07. The Morgan fingerprint density at radius 3 is 2.96 bits per heavy atom. The molecule has 0 saturated carbocycles. The number of carbonyl (C=O) groups excluding carboxylic acids is 1. The first-order chi connectivity index (χ1) is 11.5. The zero-order chi connectivity index (χ0) is 17.2. The van der Waals surface area contributed by atoms with Gasteiger partial charge in [-0.1, -0.05) is 5.16 Å². The molecule has 2 saturated heterocycles. The third-order valence-corrected chi connectivity index (χ3v) is 5.06. The number of rotatable bonds is 3. The Hall–Kier alpha value is -2.05. The maximum atomic E-state index is 11.7. The summed E-state index contributed by atoms with van der Waals surface area (Å²) in [6.07, 6.45) is 2.82. The summed E-state index contributed by atoms with van der Waals surface area (Å²) < 4.78 is 5.22. The molecular formula is C17H27N5O2. The Balaban J connectivity index is 1.75. The minimum atomic E-state index is 0.0640. The number of hydrogen-bond donors (Lipinski definition) is 2. The molecule has 24 heavy (non-hydrogen) atoms. The van der Waals surface area contributed by atoms with Crippen LogP contribution in [0.4, 0.5) is 0 Å². The van der Waals surface area contributed by atoms with Crippen LogP contribution in [0.5, 0.6) is 0 Å². The molecule has 0 bridgehead atoms. The van der Waals surface area contributed by atoms with Gasteiger partial charge in [0, 0.05) is 43.6 Å². The number of nitrogens with one attached hydrogen (secondary N) is 2. The highest BCUT2D eigenvalue weighted by molar-refractivity contribution is 5.81. The SMILES string of the molecule is CCNC(=NCc1c(C)noc1C)N1CCCC2(CNC(=O)C2)C1. The number of aromatic nitrogens is 1. The predicted molar refractivity (Wildman–Crippen MR) is 91.7 cm³/mol. The summed E-state index contributed by atoms with van der Waals surface area (Å²) in [5.41, 5.74) is 2.01. The number of aliphatic imine (C=N–C) groups is 1. The number of aryl methyl sites for hydroxylation is 2. The van der Waals surface area contributed by atoms with Crippen molar-refractivity contribution in [2.75, 3.05) is 26.2 Å². The van der Waals surface area contributed by atoms with E-state index in [4.69, 9.17) is 9.52 Å². The molecule has 3 rings (SSSR count). The Morgan fingerprint density at radius 2 is 2.33 bits per heavy atom. The van der Waals surface area contributed by atoms with Crippen LogP contribution in [0.15, 0.2) is 9.52 Å². The van der Waals surface area contributed by atoms with Gasteiger partial charge in [0.2, 0.25) is 5.91 Å². The van der Waals surface area contributed by atoms with Crippen LogP contribution in [-0.2, 0) is 11.3 Å². The highest BCUT2D eigenvalue weighted by Gasteiger charge is 2.42. The van der Waals surface area contributed by atoms with E-state index in [9.17, 15) is 4.79 Å². The first kappa shape index (κ1) is 16.8. The van der Waals surface area contributed by atoms with Crippen LogP contribution in [-0.4, -0.2) is 48.1 Å². The lowest BCUT2D eigenvalue weighted by molar-refractivity contribution is -0.119. The molecule has 1 unspecified atom stereocenters. The molecule has 132 valence electrons. The fraction of sp³-hybridized carbons (Fsp3) is 0.706. The molecule has 2 aliphatic heterocycles. The topological polar surface area (TPSA) is 82.8 Å². The van der Waals surface area contributed by atoms with E-state index in [0.717, 1.165) is 62.0 Å². The minimum absolute atomic E-state index is 0.0640. The Labute approximate surface area is 142 Å². The molecule has 1 aromatic rings. The van der Waals surface area contributed by atoms with Crippen LogP contribution in [0, 0.1) is 19.3 Å². The van der Waals surface area contributed by atoms with Gasteiger partial charge in [0.25, 0.3) is 0 Å². The monoisotopic (exact) mass is 333 g/mol. The summed E-state index contributed by atoms with van der Waals surface area (Å²) in [6, 6.07) is 0. The summed E-state index contributed by atoms with van der Waals surface area (Å²) in [5.74, 6) is 1.92. The molecule has 1 spiro atoms. The van der Waals surface area contributed by atoms with Gasteiger partial charge < -0.3 is 20.1 Å². The standard InChI is InChI=1S/C17H27N5O2/c1-4-18-16(19-9-14-12(2)21-24-13(14)3)22-7-5-6-17(11-22)8-15(23)20-10-17/h4-11H2,1-3H3,(H,18,19)(H,20,23). The van der Waals surface area contributed by atoms with E-state index in [2.05, 4.69) is 27.6 Å². The van der Waals surface area contributed by atoms with Gasteiger partial charge in [0.05, 0.1) is 12.2 Å². The maximum Gasteiger partial charge on any atom is 0.220 e. The zero-order valence-corrected chi connectivity index (χ0v) is 14.8. The first-order valence-electron chi connectivity index (χ1n) is 8.75. The van der Waals surface area contributed by atoms with Crippen LogP contribution in [0.2, 0.25) is 0 Å². The van der Waals surface area contributed by atoms with Crippen molar-refractivity contribution in [2.45, 2.75) is 46.6 Å². The molecule has 1 amide bonds. The molecule has 3 heterocycles. The number of amides is 1. The van der Waals surface area contributed by atoms with Gasteiger partial charge in [0.1, 0.15) is 5.76 Å². The molecule has 0 aromatic carbocycles. The van der Waals surface area contributed by atoms with E-state index in [-0.39, 0.29) is 11.3 Å². The van der Waals surface area contributed by atoms with Crippen molar-refractivity contribution in [3.8, 4) is 0 Å². The summed E-state index contributed by atoms with van der Waals surface area (Å²) in [5, 5.41) is 10.4. The lowest BCUT2D eigenvalue weighted by Crippen LogP contribution is -2.51. The molecule has 2 fully saturated rings. The zero-order valence-electron chi connectivity index (χ0n) is 14.8. The molecule has 2 aliphatic rings. The number of carbonyl (C=O) groups is 1. The second-order valence-electron chi connectivity index (χ2n) is 6.95. The van der Waals surface area contributed by atoms with E-state index in [1.165, 1.54) is 0 Å². The Kier molecular flexibility index (Phi) is 4.78. The second-order valence-corrected chi connectivity index (χ2v) is 6.95. The number of piperidine rings is 1.